The van der Waals surface area contributed by atoms with Crippen LogP contribution in [0.3, 0.4) is 0 Å². The molecular weight excluding hydrogens is 324 g/mol. The number of nitrogens with one attached hydrogen (secondary N) is 2. The molecular formula is C22H22N2O2. The van der Waals surface area contributed by atoms with Gasteiger partial charge in [-0.1, -0.05) is 42.5 Å². The Morgan fingerprint density at radius 2 is 1.58 bits per heavy atom. The van der Waals surface area contributed by atoms with Crippen LogP contribution in [0.1, 0.15) is 15.9 Å². The summed E-state index contributed by atoms with van der Waals surface area (Å²) in [7, 11) is 1.58. The lowest BCUT2D eigenvalue weighted by Crippen LogP contribution is -2.12. The molecule has 0 heterocycles. The maximum absolute atomic E-state index is 12.4. The van der Waals surface area contributed by atoms with Crippen molar-refractivity contribution in [1.82, 2.24) is 0 Å². The monoisotopic (exact) mass is 346 g/mol. The summed E-state index contributed by atoms with van der Waals surface area (Å²) in [5.41, 5.74) is 3.55. The van der Waals surface area contributed by atoms with Gasteiger partial charge >= 0.3 is 0 Å². The Labute approximate surface area is 153 Å². The van der Waals surface area contributed by atoms with Gasteiger partial charge in [0.15, 0.2) is 0 Å². The van der Waals surface area contributed by atoms with E-state index in [1.54, 1.807) is 7.11 Å². The largest absolute Gasteiger partial charge is 0.495 e. The molecule has 26 heavy (non-hydrogen) atoms. The van der Waals surface area contributed by atoms with Crippen molar-refractivity contribution in [2.75, 3.05) is 24.3 Å². The molecule has 3 rings (SSSR count). The Kier molecular flexibility index (Phi) is 5.88. The average Bonchev–Trinajstić information content (AvgIpc) is 2.70. The molecule has 0 spiro atoms. The van der Waals surface area contributed by atoms with Crippen molar-refractivity contribution in [3.63, 3.8) is 0 Å². The summed E-state index contributed by atoms with van der Waals surface area (Å²) in [6.45, 7) is 0.844. The molecule has 0 aliphatic carbocycles. The number of hydrogen-bond donors (Lipinski definition) is 2. The molecule has 0 saturated heterocycles. The highest BCUT2D eigenvalue weighted by Gasteiger charge is 2.09. The summed E-state index contributed by atoms with van der Waals surface area (Å²) in [6, 6.07) is 25.2. The van der Waals surface area contributed by atoms with Gasteiger partial charge in [0.1, 0.15) is 5.75 Å². The highest BCUT2D eigenvalue weighted by Crippen LogP contribution is 2.23. The van der Waals surface area contributed by atoms with E-state index in [1.165, 1.54) is 5.56 Å². The van der Waals surface area contributed by atoms with Crippen LogP contribution < -0.4 is 15.4 Å². The van der Waals surface area contributed by atoms with Gasteiger partial charge in [0.05, 0.1) is 12.8 Å². The molecule has 0 bridgehead atoms. The normalized spacial score (nSPS) is 10.2. The van der Waals surface area contributed by atoms with Gasteiger partial charge < -0.3 is 15.4 Å². The third kappa shape index (κ3) is 4.63. The van der Waals surface area contributed by atoms with Crippen LogP contribution in [0.2, 0.25) is 0 Å². The zero-order chi connectivity index (χ0) is 18.2. The first-order valence-corrected chi connectivity index (χ1v) is 8.58. The molecule has 3 aromatic rings. The lowest BCUT2D eigenvalue weighted by Gasteiger charge is -2.11. The number of benzene rings is 3. The SMILES string of the molecule is COc1ccccc1NC(=O)c1ccc(NCCc2ccccc2)cc1. The van der Waals surface area contributed by atoms with E-state index >= 15 is 0 Å². The molecule has 0 radical (unpaired) electrons. The van der Waals surface area contributed by atoms with E-state index in [2.05, 4.69) is 22.8 Å². The Morgan fingerprint density at radius 1 is 0.885 bits per heavy atom. The number of amides is 1. The number of ether oxygens (including phenoxy) is 1. The lowest BCUT2D eigenvalue weighted by molar-refractivity contribution is 0.102. The number of para-hydroxylation sites is 2. The predicted octanol–water partition coefficient (Wildman–Crippen LogP) is 4.60. The van der Waals surface area contributed by atoms with Crippen LogP contribution in [-0.4, -0.2) is 19.6 Å². The summed E-state index contributed by atoms with van der Waals surface area (Å²) in [6.07, 6.45) is 0.955. The number of hydrogen-bond acceptors (Lipinski definition) is 3. The minimum Gasteiger partial charge on any atom is -0.495 e. The van der Waals surface area contributed by atoms with Crippen molar-refractivity contribution < 1.29 is 9.53 Å². The molecule has 0 atom stereocenters. The highest BCUT2D eigenvalue weighted by atomic mass is 16.5. The Bertz CT molecular complexity index is 846. The highest BCUT2D eigenvalue weighted by molar-refractivity contribution is 6.05. The second-order valence-corrected chi connectivity index (χ2v) is 5.89. The molecule has 0 aromatic heterocycles. The van der Waals surface area contributed by atoms with E-state index in [-0.39, 0.29) is 5.91 Å². The van der Waals surface area contributed by atoms with Gasteiger partial charge in [0.25, 0.3) is 5.91 Å². The zero-order valence-electron chi connectivity index (χ0n) is 14.7. The van der Waals surface area contributed by atoms with Crippen LogP contribution in [0.5, 0.6) is 5.75 Å². The quantitative estimate of drug-likeness (QED) is 0.657. The van der Waals surface area contributed by atoms with E-state index in [4.69, 9.17) is 4.74 Å². The maximum atomic E-state index is 12.4. The lowest BCUT2D eigenvalue weighted by atomic mass is 10.1. The first-order chi connectivity index (χ1) is 12.8. The van der Waals surface area contributed by atoms with E-state index in [1.807, 2.05) is 66.7 Å². The second-order valence-electron chi connectivity index (χ2n) is 5.89. The smallest absolute Gasteiger partial charge is 0.255 e. The van der Waals surface area contributed by atoms with Crippen molar-refractivity contribution in [3.05, 3.63) is 90.0 Å². The minimum atomic E-state index is -0.162. The van der Waals surface area contributed by atoms with Crippen LogP contribution in [0.15, 0.2) is 78.9 Å². The number of anilines is 2. The van der Waals surface area contributed by atoms with E-state index in [9.17, 15) is 4.79 Å². The summed E-state index contributed by atoms with van der Waals surface area (Å²) in [4.78, 5) is 12.4. The van der Waals surface area contributed by atoms with Gasteiger partial charge in [-0.25, -0.2) is 0 Å². The summed E-state index contributed by atoms with van der Waals surface area (Å²) >= 11 is 0. The molecule has 0 aliphatic rings. The van der Waals surface area contributed by atoms with Crippen molar-refractivity contribution >= 4 is 17.3 Å². The fourth-order valence-corrected chi connectivity index (χ4v) is 2.68. The van der Waals surface area contributed by atoms with Crippen LogP contribution in [0.4, 0.5) is 11.4 Å². The molecule has 4 nitrogen and oxygen atoms in total. The molecule has 3 aromatic carbocycles. The van der Waals surface area contributed by atoms with Crippen LogP contribution in [0, 0.1) is 0 Å². The van der Waals surface area contributed by atoms with Crippen molar-refractivity contribution in [1.29, 1.82) is 0 Å². The zero-order valence-corrected chi connectivity index (χ0v) is 14.7. The maximum Gasteiger partial charge on any atom is 0.255 e. The van der Waals surface area contributed by atoms with Gasteiger partial charge in [0, 0.05) is 17.8 Å². The fraction of sp³-hybridized carbons (Fsp3) is 0.136. The summed E-state index contributed by atoms with van der Waals surface area (Å²) < 4.78 is 5.26. The van der Waals surface area contributed by atoms with Crippen LogP contribution in [0.25, 0.3) is 0 Å². The van der Waals surface area contributed by atoms with Crippen molar-refractivity contribution in [2.45, 2.75) is 6.42 Å². The van der Waals surface area contributed by atoms with E-state index in [0.29, 0.717) is 17.0 Å². The number of methoxy groups -OCH3 is 1. The summed E-state index contributed by atoms with van der Waals surface area (Å²) in [5, 5.41) is 6.25. The van der Waals surface area contributed by atoms with Gasteiger partial charge in [-0.05, 0) is 48.4 Å². The first kappa shape index (κ1) is 17.5. The number of carbonyl (C=O) groups excluding carboxylic acids is 1. The van der Waals surface area contributed by atoms with Crippen molar-refractivity contribution in [2.24, 2.45) is 0 Å². The fourth-order valence-electron chi connectivity index (χ4n) is 2.68. The van der Waals surface area contributed by atoms with Gasteiger partial charge in [-0.3, -0.25) is 4.79 Å². The Hall–Kier alpha value is -3.27. The van der Waals surface area contributed by atoms with Gasteiger partial charge in [0.2, 0.25) is 0 Å². The molecule has 2 N–H and O–H groups in total. The number of carbonyl (C=O) groups is 1. The molecule has 0 fully saturated rings. The minimum absolute atomic E-state index is 0.162. The topological polar surface area (TPSA) is 50.4 Å². The first-order valence-electron chi connectivity index (χ1n) is 8.58. The Balaban J connectivity index is 1.56. The van der Waals surface area contributed by atoms with Gasteiger partial charge in [-0.2, -0.15) is 0 Å². The third-order valence-electron chi connectivity index (χ3n) is 4.09. The molecule has 4 heteroatoms. The van der Waals surface area contributed by atoms with E-state index < -0.39 is 0 Å². The van der Waals surface area contributed by atoms with Gasteiger partial charge in [-0.15, -0.1) is 0 Å². The predicted molar refractivity (Wildman–Crippen MR) is 106 cm³/mol. The summed E-state index contributed by atoms with van der Waals surface area (Å²) in [5.74, 6) is 0.477. The number of rotatable bonds is 7. The molecule has 0 saturated carbocycles. The molecule has 0 unspecified atom stereocenters. The molecule has 1 amide bonds. The van der Waals surface area contributed by atoms with Crippen LogP contribution >= 0.6 is 0 Å². The average molecular weight is 346 g/mol. The van der Waals surface area contributed by atoms with Crippen LogP contribution in [-0.2, 0) is 6.42 Å². The molecule has 0 aliphatic heterocycles. The third-order valence-corrected chi connectivity index (χ3v) is 4.09. The second kappa shape index (κ2) is 8.72. The molecule has 132 valence electrons. The van der Waals surface area contributed by atoms with E-state index in [0.717, 1.165) is 18.7 Å². The van der Waals surface area contributed by atoms with Crippen molar-refractivity contribution in [3.8, 4) is 5.75 Å². The standard InChI is InChI=1S/C22H22N2O2/c1-26-21-10-6-5-9-20(21)24-22(25)18-11-13-19(14-12-18)23-16-15-17-7-3-2-4-8-17/h2-14,23H,15-16H2,1H3,(H,24,25). The Morgan fingerprint density at radius 3 is 2.31 bits per heavy atom.